The Labute approximate surface area is 120 Å². The lowest BCUT2D eigenvalue weighted by atomic mass is 9.96. The highest BCUT2D eigenvalue weighted by Gasteiger charge is 2.14. The van der Waals surface area contributed by atoms with Gasteiger partial charge in [-0.15, -0.1) is 0 Å². The van der Waals surface area contributed by atoms with Gasteiger partial charge < -0.3 is 0 Å². The molecule has 0 aliphatic carbocycles. The molecular formula is C15H16BrFN2. The van der Waals surface area contributed by atoms with E-state index in [1.807, 2.05) is 6.07 Å². The Hall–Kier alpha value is -1.23. The number of halogens is 2. The van der Waals surface area contributed by atoms with Crippen molar-refractivity contribution in [3.63, 3.8) is 0 Å². The number of hydrogen-bond acceptors (Lipinski definition) is 2. The Morgan fingerprint density at radius 2 is 1.68 bits per heavy atom. The van der Waals surface area contributed by atoms with Crippen molar-refractivity contribution in [3.8, 4) is 0 Å². The van der Waals surface area contributed by atoms with Gasteiger partial charge in [-0.3, -0.25) is 5.84 Å². The third kappa shape index (κ3) is 3.03. The number of hydrogen-bond donors (Lipinski definition) is 2. The molecule has 0 radical (unpaired) electrons. The molecule has 1 unspecified atom stereocenters. The summed E-state index contributed by atoms with van der Waals surface area (Å²) in [7, 11) is 0. The van der Waals surface area contributed by atoms with E-state index in [9.17, 15) is 4.39 Å². The highest BCUT2D eigenvalue weighted by atomic mass is 79.9. The predicted molar refractivity (Wildman–Crippen MR) is 79.2 cm³/mol. The van der Waals surface area contributed by atoms with E-state index >= 15 is 0 Å². The van der Waals surface area contributed by atoms with Crippen LogP contribution in [-0.2, 0) is 0 Å². The number of nitrogens with two attached hydrogens (primary N) is 1. The number of nitrogens with one attached hydrogen (secondary N) is 1. The van der Waals surface area contributed by atoms with Crippen molar-refractivity contribution >= 4 is 15.9 Å². The molecule has 2 rings (SSSR count). The molecule has 19 heavy (non-hydrogen) atoms. The fourth-order valence-electron chi connectivity index (χ4n) is 2.02. The Balaban J connectivity index is 2.43. The lowest BCUT2D eigenvalue weighted by molar-refractivity contribution is 0.610. The molecule has 0 saturated carbocycles. The first-order chi connectivity index (χ1) is 9.02. The van der Waals surface area contributed by atoms with Crippen molar-refractivity contribution in [2.75, 3.05) is 0 Å². The van der Waals surface area contributed by atoms with Crippen LogP contribution in [0.4, 0.5) is 4.39 Å². The van der Waals surface area contributed by atoms with Crippen LogP contribution in [0.2, 0.25) is 0 Å². The largest absolute Gasteiger partial charge is 0.271 e. The monoisotopic (exact) mass is 322 g/mol. The molecule has 2 aromatic rings. The quantitative estimate of drug-likeness (QED) is 0.667. The van der Waals surface area contributed by atoms with E-state index < -0.39 is 0 Å². The van der Waals surface area contributed by atoms with Gasteiger partial charge in [-0.2, -0.15) is 0 Å². The van der Waals surface area contributed by atoms with Crippen LogP contribution in [0.25, 0.3) is 0 Å². The molecular weight excluding hydrogens is 307 g/mol. The molecule has 2 aromatic carbocycles. The summed E-state index contributed by atoms with van der Waals surface area (Å²) >= 11 is 3.20. The summed E-state index contributed by atoms with van der Waals surface area (Å²) in [6, 6.07) is 10.9. The minimum atomic E-state index is -0.278. The summed E-state index contributed by atoms with van der Waals surface area (Å²) in [6.07, 6.45) is 0. The number of hydrazine groups is 1. The van der Waals surface area contributed by atoms with Crippen LogP contribution >= 0.6 is 15.9 Å². The Bertz CT molecular complexity index is 547. The van der Waals surface area contributed by atoms with E-state index in [0.29, 0.717) is 4.47 Å². The highest BCUT2D eigenvalue weighted by molar-refractivity contribution is 9.10. The molecule has 0 heterocycles. The lowest BCUT2D eigenvalue weighted by Gasteiger charge is -2.18. The van der Waals surface area contributed by atoms with Crippen LogP contribution in [0.5, 0.6) is 0 Å². The second kappa shape index (κ2) is 5.82. The fraction of sp³-hybridized carbons (Fsp3) is 0.200. The van der Waals surface area contributed by atoms with Crippen molar-refractivity contribution in [3.05, 3.63) is 68.9 Å². The molecule has 0 aliphatic heterocycles. The van der Waals surface area contributed by atoms with Gasteiger partial charge in [0.1, 0.15) is 5.82 Å². The molecule has 2 nitrogen and oxygen atoms in total. The van der Waals surface area contributed by atoms with Crippen LogP contribution in [0, 0.1) is 19.7 Å². The van der Waals surface area contributed by atoms with Crippen LogP contribution in [0.1, 0.15) is 28.3 Å². The van der Waals surface area contributed by atoms with E-state index in [-0.39, 0.29) is 11.9 Å². The summed E-state index contributed by atoms with van der Waals surface area (Å²) in [5.41, 5.74) is 7.20. The number of rotatable bonds is 3. The Morgan fingerprint density at radius 3 is 2.26 bits per heavy atom. The summed E-state index contributed by atoms with van der Waals surface area (Å²) < 4.78 is 13.7. The van der Waals surface area contributed by atoms with E-state index in [1.54, 1.807) is 12.1 Å². The Morgan fingerprint density at radius 1 is 1.05 bits per heavy atom. The predicted octanol–water partition coefficient (Wildman–Crippen LogP) is 3.76. The first kappa shape index (κ1) is 14.2. The number of aryl methyl sites for hydroxylation is 2. The van der Waals surface area contributed by atoms with Crippen LogP contribution in [-0.4, -0.2) is 0 Å². The highest BCUT2D eigenvalue weighted by Crippen LogP contribution is 2.26. The topological polar surface area (TPSA) is 38.0 Å². The van der Waals surface area contributed by atoms with Gasteiger partial charge in [-0.05, 0) is 64.2 Å². The minimum Gasteiger partial charge on any atom is -0.271 e. The van der Waals surface area contributed by atoms with E-state index in [1.165, 1.54) is 17.2 Å². The van der Waals surface area contributed by atoms with Crippen molar-refractivity contribution < 1.29 is 4.39 Å². The average Bonchev–Trinajstić information content (AvgIpc) is 2.39. The third-order valence-electron chi connectivity index (χ3n) is 3.31. The Kier molecular flexibility index (Phi) is 4.34. The lowest BCUT2D eigenvalue weighted by Crippen LogP contribution is -2.29. The minimum absolute atomic E-state index is 0.156. The second-order valence-electron chi connectivity index (χ2n) is 4.62. The van der Waals surface area contributed by atoms with E-state index in [4.69, 9.17) is 5.84 Å². The first-order valence-corrected chi connectivity index (χ1v) is 6.80. The van der Waals surface area contributed by atoms with Gasteiger partial charge >= 0.3 is 0 Å². The normalized spacial score (nSPS) is 12.5. The molecule has 0 aromatic heterocycles. The molecule has 0 aliphatic rings. The molecule has 3 N–H and O–H groups in total. The van der Waals surface area contributed by atoms with Crippen molar-refractivity contribution in [1.29, 1.82) is 0 Å². The van der Waals surface area contributed by atoms with Gasteiger partial charge in [0.05, 0.1) is 10.5 Å². The van der Waals surface area contributed by atoms with Crippen molar-refractivity contribution in [2.24, 2.45) is 5.84 Å². The fourth-order valence-corrected chi connectivity index (χ4v) is 2.42. The molecule has 0 fully saturated rings. The van der Waals surface area contributed by atoms with Gasteiger partial charge in [0.2, 0.25) is 0 Å². The maximum Gasteiger partial charge on any atom is 0.137 e. The first-order valence-electron chi connectivity index (χ1n) is 6.01. The van der Waals surface area contributed by atoms with Crippen LogP contribution in [0.15, 0.2) is 40.9 Å². The molecule has 1 atom stereocenters. The summed E-state index contributed by atoms with van der Waals surface area (Å²) in [5, 5.41) is 0. The second-order valence-corrected chi connectivity index (χ2v) is 5.47. The molecule has 0 amide bonds. The third-order valence-corrected chi connectivity index (χ3v) is 3.92. The molecule has 100 valence electrons. The van der Waals surface area contributed by atoms with Crippen molar-refractivity contribution in [2.45, 2.75) is 19.9 Å². The van der Waals surface area contributed by atoms with Gasteiger partial charge in [0.15, 0.2) is 0 Å². The van der Waals surface area contributed by atoms with Gasteiger partial charge in [-0.25, -0.2) is 9.82 Å². The van der Waals surface area contributed by atoms with E-state index in [0.717, 1.165) is 11.1 Å². The average molecular weight is 323 g/mol. The van der Waals surface area contributed by atoms with Gasteiger partial charge in [0.25, 0.3) is 0 Å². The maximum absolute atomic E-state index is 13.3. The number of benzene rings is 2. The van der Waals surface area contributed by atoms with Gasteiger partial charge in [-0.1, -0.05) is 24.3 Å². The SMILES string of the molecule is Cc1ccc(C(NN)c2ccc(F)c(Br)c2)cc1C. The summed E-state index contributed by atoms with van der Waals surface area (Å²) in [5.74, 6) is 5.38. The van der Waals surface area contributed by atoms with E-state index in [2.05, 4.69) is 47.3 Å². The zero-order chi connectivity index (χ0) is 14.0. The molecule has 0 bridgehead atoms. The van der Waals surface area contributed by atoms with Crippen LogP contribution < -0.4 is 11.3 Å². The molecule has 0 saturated heterocycles. The van der Waals surface area contributed by atoms with Crippen LogP contribution in [0.3, 0.4) is 0 Å². The summed E-state index contributed by atoms with van der Waals surface area (Å²) in [6.45, 7) is 4.13. The molecule has 0 spiro atoms. The smallest absolute Gasteiger partial charge is 0.137 e. The maximum atomic E-state index is 13.3. The summed E-state index contributed by atoms with van der Waals surface area (Å²) in [4.78, 5) is 0. The van der Waals surface area contributed by atoms with Crippen molar-refractivity contribution in [1.82, 2.24) is 5.43 Å². The standard InChI is InChI=1S/C15H16BrFN2/c1-9-3-4-11(7-10(9)2)15(19-18)12-5-6-14(17)13(16)8-12/h3-8,15,19H,18H2,1-2H3. The zero-order valence-corrected chi connectivity index (χ0v) is 12.5. The van der Waals surface area contributed by atoms with Gasteiger partial charge in [0, 0.05) is 0 Å². The zero-order valence-electron chi connectivity index (χ0n) is 10.9. The molecule has 4 heteroatoms.